The van der Waals surface area contributed by atoms with E-state index in [-0.39, 0.29) is 18.2 Å². The Bertz CT molecular complexity index is 321. The van der Waals surface area contributed by atoms with Crippen LogP contribution in [0.4, 0.5) is 0 Å². The van der Waals surface area contributed by atoms with Crippen molar-refractivity contribution in [1.29, 1.82) is 0 Å². The van der Waals surface area contributed by atoms with Gasteiger partial charge in [-0.15, -0.1) is 0 Å². The summed E-state index contributed by atoms with van der Waals surface area (Å²) in [5, 5.41) is 8.65. The standard InChI is InChI=1S/C13H22N2O4/c16-12(17)3-4-14-5-7-15(8-6-14)13(18)11-2-1-9-19-10-11/h11H,1-10H2,(H,16,17). The predicted octanol–water partition coefficient (Wildman–Crippen LogP) is 0.0319. The van der Waals surface area contributed by atoms with Gasteiger partial charge in [-0.1, -0.05) is 0 Å². The minimum Gasteiger partial charge on any atom is -0.481 e. The zero-order chi connectivity index (χ0) is 13.7. The van der Waals surface area contributed by atoms with E-state index in [2.05, 4.69) is 4.90 Å². The quantitative estimate of drug-likeness (QED) is 0.780. The van der Waals surface area contributed by atoms with Crippen molar-refractivity contribution in [2.45, 2.75) is 19.3 Å². The first kappa shape index (κ1) is 14.3. The molecule has 2 aliphatic heterocycles. The van der Waals surface area contributed by atoms with Crippen LogP contribution in [0.3, 0.4) is 0 Å². The van der Waals surface area contributed by atoms with Crippen molar-refractivity contribution in [2.24, 2.45) is 5.92 Å². The lowest BCUT2D eigenvalue weighted by atomic mass is 10.0. The van der Waals surface area contributed by atoms with Crippen molar-refractivity contribution >= 4 is 11.9 Å². The highest BCUT2D eigenvalue weighted by molar-refractivity contribution is 5.79. The Labute approximate surface area is 113 Å². The van der Waals surface area contributed by atoms with Crippen molar-refractivity contribution in [3.63, 3.8) is 0 Å². The molecule has 2 fully saturated rings. The summed E-state index contributed by atoms with van der Waals surface area (Å²) in [7, 11) is 0. The van der Waals surface area contributed by atoms with Crippen molar-refractivity contribution < 1.29 is 19.4 Å². The van der Waals surface area contributed by atoms with Gasteiger partial charge in [0, 0.05) is 39.3 Å². The molecular weight excluding hydrogens is 248 g/mol. The molecule has 0 radical (unpaired) electrons. The summed E-state index contributed by atoms with van der Waals surface area (Å²) in [4.78, 5) is 26.8. The molecular formula is C13H22N2O4. The third-order valence-corrected chi connectivity index (χ3v) is 3.84. The third-order valence-electron chi connectivity index (χ3n) is 3.84. The first-order valence-corrected chi connectivity index (χ1v) is 6.97. The maximum Gasteiger partial charge on any atom is 0.304 e. The molecule has 6 heteroatoms. The molecule has 0 spiro atoms. The van der Waals surface area contributed by atoms with Crippen LogP contribution in [-0.2, 0) is 14.3 Å². The van der Waals surface area contributed by atoms with Gasteiger partial charge < -0.3 is 14.7 Å². The van der Waals surface area contributed by atoms with Gasteiger partial charge in [0.2, 0.25) is 5.91 Å². The lowest BCUT2D eigenvalue weighted by Gasteiger charge is -2.36. The topological polar surface area (TPSA) is 70.1 Å². The zero-order valence-electron chi connectivity index (χ0n) is 11.2. The number of rotatable bonds is 4. The summed E-state index contributed by atoms with van der Waals surface area (Å²) in [6.07, 6.45) is 2.07. The lowest BCUT2D eigenvalue weighted by Crippen LogP contribution is -2.51. The van der Waals surface area contributed by atoms with E-state index in [4.69, 9.17) is 9.84 Å². The highest BCUT2D eigenvalue weighted by Gasteiger charge is 2.28. The Morgan fingerprint density at radius 3 is 2.53 bits per heavy atom. The number of carboxylic acid groups (broad SMARTS) is 1. The first-order chi connectivity index (χ1) is 9.16. The van der Waals surface area contributed by atoms with E-state index in [1.54, 1.807) is 0 Å². The minimum atomic E-state index is -0.766. The molecule has 0 bridgehead atoms. The van der Waals surface area contributed by atoms with Gasteiger partial charge in [0.1, 0.15) is 0 Å². The van der Waals surface area contributed by atoms with Crippen LogP contribution in [0, 0.1) is 5.92 Å². The number of amides is 1. The molecule has 0 aliphatic carbocycles. The highest BCUT2D eigenvalue weighted by Crippen LogP contribution is 2.17. The number of hydrogen-bond donors (Lipinski definition) is 1. The van der Waals surface area contributed by atoms with E-state index in [9.17, 15) is 9.59 Å². The molecule has 0 saturated carbocycles. The summed E-state index contributed by atoms with van der Waals surface area (Å²) in [6.45, 7) is 4.85. The van der Waals surface area contributed by atoms with E-state index < -0.39 is 5.97 Å². The molecule has 1 atom stereocenters. The molecule has 1 unspecified atom stereocenters. The van der Waals surface area contributed by atoms with Crippen LogP contribution in [-0.4, -0.2) is 72.7 Å². The van der Waals surface area contributed by atoms with Gasteiger partial charge in [0.25, 0.3) is 0 Å². The van der Waals surface area contributed by atoms with E-state index in [0.717, 1.165) is 32.5 Å². The van der Waals surface area contributed by atoms with E-state index in [0.29, 0.717) is 26.2 Å². The first-order valence-electron chi connectivity index (χ1n) is 6.97. The Kier molecular flexibility index (Phi) is 5.15. The van der Waals surface area contributed by atoms with Crippen LogP contribution in [0.5, 0.6) is 0 Å². The lowest BCUT2D eigenvalue weighted by molar-refractivity contribution is -0.142. The molecule has 0 aromatic rings. The zero-order valence-corrected chi connectivity index (χ0v) is 11.2. The maximum atomic E-state index is 12.3. The second-order valence-electron chi connectivity index (χ2n) is 5.22. The average molecular weight is 270 g/mol. The Morgan fingerprint density at radius 2 is 1.95 bits per heavy atom. The van der Waals surface area contributed by atoms with Gasteiger partial charge >= 0.3 is 5.97 Å². The summed E-state index contributed by atoms with van der Waals surface area (Å²) < 4.78 is 5.36. The second kappa shape index (κ2) is 6.86. The van der Waals surface area contributed by atoms with Gasteiger partial charge in [-0.05, 0) is 12.8 Å². The SMILES string of the molecule is O=C(O)CCN1CCN(C(=O)C2CCCOC2)CC1. The number of ether oxygens (including phenoxy) is 1. The number of aliphatic carboxylic acids is 1. The number of carbonyl (C=O) groups is 2. The predicted molar refractivity (Wildman–Crippen MR) is 68.8 cm³/mol. The second-order valence-corrected chi connectivity index (χ2v) is 5.22. The summed E-state index contributed by atoms with van der Waals surface area (Å²) in [6, 6.07) is 0. The van der Waals surface area contributed by atoms with E-state index in [1.165, 1.54) is 0 Å². The molecule has 6 nitrogen and oxygen atoms in total. The van der Waals surface area contributed by atoms with Gasteiger partial charge in [-0.3, -0.25) is 14.5 Å². The molecule has 1 amide bonds. The van der Waals surface area contributed by atoms with Crippen LogP contribution in [0.25, 0.3) is 0 Å². The molecule has 19 heavy (non-hydrogen) atoms. The van der Waals surface area contributed by atoms with Crippen molar-refractivity contribution in [2.75, 3.05) is 45.9 Å². The average Bonchev–Trinajstić information content (AvgIpc) is 2.46. The normalized spacial score (nSPS) is 25.3. The molecule has 2 heterocycles. The molecule has 2 rings (SSSR count). The molecule has 0 aromatic heterocycles. The summed E-state index contributed by atoms with van der Waals surface area (Å²) in [5.74, 6) is -0.533. The monoisotopic (exact) mass is 270 g/mol. The van der Waals surface area contributed by atoms with Gasteiger partial charge in [-0.25, -0.2) is 0 Å². The number of nitrogens with zero attached hydrogens (tertiary/aromatic N) is 2. The Morgan fingerprint density at radius 1 is 1.21 bits per heavy atom. The molecule has 2 saturated heterocycles. The van der Waals surface area contributed by atoms with Gasteiger partial charge in [0.05, 0.1) is 18.9 Å². The number of carbonyl (C=O) groups excluding carboxylic acids is 1. The maximum absolute atomic E-state index is 12.3. The van der Waals surface area contributed by atoms with Gasteiger partial charge in [-0.2, -0.15) is 0 Å². The van der Waals surface area contributed by atoms with E-state index >= 15 is 0 Å². The van der Waals surface area contributed by atoms with Crippen molar-refractivity contribution in [3.05, 3.63) is 0 Å². The van der Waals surface area contributed by atoms with Gasteiger partial charge in [0.15, 0.2) is 0 Å². The Hall–Kier alpha value is -1.14. The highest BCUT2D eigenvalue weighted by atomic mass is 16.5. The van der Waals surface area contributed by atoms with Crippen LogP contribution < -0.4 is 0 Å². The van der Waals surface area contributed by atoms with Crippen LogP contribution >= 0.6 is 0 Å². The molecule has 0 aromatic carbocycles. The number of piperazine rings is 1. The van der Waals surface area contributed by atoms with E-state index in [1.807, 2.05) is 4.90 Å². The molecule has 2 aliphatic rings. The largest absolute Gasteiger partial charge is 0.481 e. The van der Waals surface area contributed by atoms with Crippen molar-refractivity contribution in [1.82, 2.24) is 9.80 Å². The minimum absolute atomic E-state index is 0.0271. The molecule has 108 valence electrons. The van der Waals surface area contributed by atoms with Crippen molar-refractivity contribution in [3.8, 4) is 0 Å². The van der Waals surface area contributed by atoms with Crippen LogP contribution in [0.15, 0.2) is 0 Å². The summed E-state index contributed by atoms with van der Waals surface area (Å²) >= 11 is 0. The van der Waals surface area contributed by atoms with Crippen LogP contribution in [0.1, 0.15) is 19.3 Å². The summed E-state index contributed by atoms with van der Waals surface area (Å²) in [5.41, 5.74) is 0. The smallest absolute Gasteiger partial charge is 0.304 e. The number of hydrogen-bond acceptors (Lipinski definition) is 4. The number of carboxylic acids is 1. The third kappa shape index (κ3) is 4.18. The van der Waals surface area contributed by atoms with Crippen LogP contribution in [0.2, 0.25) is 0 Å². The molecule has 1 N–H and O–H groups in total. The fourth-order valence-electron chi connectivity index (χ4n) is 2.64. The fraction of sp³-hybridized carbons (Fsp3) is 0.846. The fourth-order valence-corrected chi connectivity index (χ4v) is 2.64. The Balaban J connectivity index is 1.72.